The molecule has 0 amide bonds. The van der Waals surface area contributed by atoms with Crippen LogP contribution in [0.25, 0.3) is 0 Å². The first-order chi connectivity index (χ1) is 4.93. The largest absolute Gasteiger partial charge is 0.323 e. The second kappa shape index (κ2) is 4.00. The molecule has 1 saturated heterocycles. The molecular formula is C6H10N2O2. The zero-order chi connectivity index (χ0) is 7.23. The fraction of sp³-hybridized carbons (Fsp3) is 0.667. The number of piperidine rings is 1. The van der Waals surface area contributed by atoms with Gasteiger partial charge < -0.3 is 10.2 Å². The van der Waals surface area contributed by atoms with Gasteiger partial charge in [0, 0.05) is 25.9 Å². The van der Waals surface area contributed by atoms with Gasteiger partial charge in [0.25, 0.3) is 0 Å². The number of nitrogens with zero attached hydrogens (tertiary/aromatic N) is 1. The van der Waals surface area contributed by atoms with Gasteiger partial charge in [-0.3, -0.25) is 4.79 Å². The summed E-state index contributed by atoms with van der Waals surface area (Å²) in [4.78, 5) is 14.0. The van der Waals surface area contributed by atoms with Crippen LogP contribution in [0.1, 0.15) is 12.8 Å². The van der Waals surface area contributed by atoms with Gasteiger partial charge >= 0.3 is 6.47 Å². The first kappa shape index (κ1) is 7.21. The summed E-state index contributed by atoms with van der Waals surface area (Å²) in [5.74, 6) is 0. The second-order valence-corrected chi connectivity index (χ2v) is 2.11. The molecular weight excluding hydrogens is 132 g/mol. The highest BCUT2D eigenvalue weighted by Gasteiger charge is 2.05. The topological polar surface area (TPSA) is 50.7 Å². The molecule has 0 saturated carbocycles. The lowest BCUT2D eigenvalue weighted by molar-refractivity contribution is -0.128. The molecule has 1 aliphatic heterocycles. The quantitative estimate of drug-likeness (QED) is 0.333. The number of hydrogen-bond acceptors (Lipinski definition) is 4. The van der Waals surface area contributed by atoms with Crippen molar-refractivity contribution in [1.29, 1.82) is 0 Å². The Bertz CT molecular complexity index is 137. The molecule has 0 radical (unpaired) electrons. The first-order valence-corrected chi connectivity index (χ1v) is 3.29. The average Bonchev–Trinajstić information content (AvgIpc) is 2.03. The van der Waals surface area contributed by atoms with Crippen LogP contribution >= 0.6 is 0 Å². The molecule has 1 rings (SSSR count). The lowest BCUT2D eigenvalue weighted by atomic mass is 10.1. The normalized spacial score (nSPS) is 18.2. The molecule has 0 aromatic carbocycles. The van der Waals surface area contributed by atoms with Gasteiger partial charge in [-0.05, 0) is 0 Å². The molecule has 1 N–H and O–H groups in total. The van der Waals surface area contributed by atoms with E-state index >= 15 is 0 Å². The summed E-state index contributed by atoms with van der Waals surface area (Å²) in [5.41, 5.74) is 0.964. The summed E-state index contributed by atoms with van der Waals surface area (Å²) in [5, 5.41) is 6.78. The van der Waals surface area contributed by atoms with Crippen molar-refractivity contribution < 1.29 is 9.63 Å². The van der Waals surface area contributed by atoms with Crippen LogP contribution in [-0.2, 0) is 9.63 Å². The molecule has 1 fully saturated rings. The van der Waals surface area contributed by atoms with E-state index in [0.717, 1.165) is 31.6 Å². The lowest BCUT2D eigenvalue weighted by Crippen LogP contribution is -2.27. The van der Waals surface area contributed by atoms with Crippen LogP contribution in [0.5, 0.6) is 0 Å². The van der Waals surface area contributed by atoms with Crippen molar-refractivity contribution in [3.63, 3.8) is 0 Å². The summed E-state index contributed by atoms with van der Waals surface area (Å²) in [6.07, 6.45) is 1.77. The minimum atomic E-state index is 0.342. The van der Waals surface area contributed by atoms with E-state index in [1.807, 2.05) is 0 Å². The van der Waals surface area contributed by atoms with E-state index in [2.05, 4.69) is 15.3 Å². The Kier molecular flexibility index (Phi) is 2.89. The van der Waals surface area contributed by atoms with Crippen LogP contribution < -0.4 is 5.32 Å². The fourth-order valence-electron chi connectivity index (χ4n) is 0.903. The molecule has 0 aromatic heterocycles. The number of carbonyl (C=O) groups excluding carboxylic acids is 1. The van der Waals surface area contributed by atoms with Crippen LogP contribution in [0, 0.1) is 0 Å². The SMILES string of the molecule is O=CON=C1CCNCC1. The van der Waals surface area contributed by atoms with E-state index < -0.39 is 0 Å². The van der Waals surface area contributed by atoms with E-state index in [1.54, 1.807) is 0 Å². The molecule has 0 aliphatic carbocycles. The van der Waals surface area contributed by atoms with E-state index in [1.165, 1.54) is 0 Å². The van der Waals surface area contributed by atoms with Crippen LogP contribution in [-0.4, -0.2) is 25.3 Å². The van der Waals surface area contributed by atoms with Gasteiger partial charge in [-0.2, -0.15) is 0 Å². The molecule has 4 heteroatoms. The van der Waals surface area contributed by atoms with Crippen molar-refractivity contribution in [1.82, 2.24) is 5.32 Å². The van der Waals surface area contributed by atoms with Gasteiger partial charge in [0.1, 0.15) is 0 Å². The molecule has 1 heterocycles. The van der Waals surface area contributed by atoms with Gasteiger partial charge in [-0.1, -0.05) is 5.16 Å². The molecule has 0 bridgehead atoms. The fourth-order valence-corrected chi connectivity index (χ4v) is 0.903. The van der Waals surface area contributed by atoms with Gasteiger partial charge in [-0.25, -0.2) is 0 Å². The minimum absolute atomic E-state index is 0.342. The third-order valence-electron chi connectivity index (χ3n) is 1.41. The molecule has 0 aromatic rings. The minimum Gasteiger partial charge on any atom is -0.322 e. The van der Waals surface area contributed by atoms with Gasteiger partial charge in [0.2, 0.25) is 0 Å². The Hall–Kier alpha value is -0.900. The van der Waals surface area contributed by atoms with Crippen molar-refractivity contribution in [3.05, 3.63) is 0 Å². The molecule has 0 unspecified atom stereocenters. The summed E-state index contributed by atoms with van der Waals surface area (Å²) in [6.45, 7) is 2.21. The number of carbonyl (C=O) groups is 1. The van der Waals surface area contributed by atoms with E-state index in [0.29, 0.717) is 6.47 Å². The third kappa shape index (κ3) is 2.14. The Morgan fingerprint density at radius 2 is 2.20 bits per heavy atom. The van der Waals surface area contributed by atoms with Gasteiger partial charge in [-0.15, -0.1) is 0 Å². The van der Waals surface area contributed by atoms with E-state index in [4.69, 9.17) is 0 Å². The van der Waals surface area contributed by atoms with Gasteiger partial charge in [0.15, 0.2) is 0 Å². The van der Waals surface area contributed by atoms with Crippen LogP contribution in [0.3, 0.4) is 0 Å². The Labute approximate surface area is 59.2 Å². The van der Waals surface area contributed by atoms with Crippen molar-refractivity contribution in [2.24, 2.45) is 5.16 Å². The highest BCUT2D eigenvalue weighted by atomic mass is 16.7. The number of rotatable bonds is 2. The van der Waals surface area contributed by atoms with Crippen LogP contribution in [0.4, 0.5) is 0 Å². The van der Waals surface area contributed by atoms with Crippen molar-refractivity contribution >= 4 is 12.2 Å². The molecule has 0 spiro atoms. The van der Waals surface area contributed by atoms with Crippen molar-refractivity contribution in [2.75, 3.05) is 13.1 Å². The van der Waals surface area contributed by atoms with Gasteiger partial charge in [0.05, 0.1) is 5.71 Å². The molecule has 56 valence electrons. The number of hydrogen-bond donors (Lipinski definition) is 1. The van der Waals surface area contributed by atoms with Crippen molar-refractivity contribution in [3.8, 4) is 0 Å². The predicted octanol–water partition coefficient (Wildman–Crippen LogP) is -0.101. The average molecular weight is 142 g/mol. The molecule has 10 heavy (non-hydrogen) atoms. The Morgan fingerprint density at radius 1 is 1.50 bits per heavy atom. The predicted molar refractivity (Wildman–Crippen MR) is 36.7 cm³/mol. The summed E-state index contributed by atoms with van der Waals surface area (Å²) in [6, 6.07) is 0. The maximum atomic E-state index is 9.70. The zero-order valence-electron chi connectivity index (χ0n) is 5.67. The van der Waals surface area contributed by atoms with E-state index in [-0.39, 0.29) is 0 Å². The molecule has 0 atom stereocenters. The van der Waals surface area contributed by atoms with Crippen LogP contribution in [0.2, 0.25) is 0 Å². The van der Waals surface area contributed by atoms with E-state index in [9.17, 15) is 4.79 Å². The number of nitrogens with one attached hydrogen (secondary N) is 1. The molecule has 1 aliphatic rings. The Morgan fingerprint density at radius 3 is 2.80 bits per heavy atom. The maximum absolute atomic E-state index is 9.70. The lowest BCUT2D eigenvalue weighted by Gasteiger charge is -2.11. The smallest absolute Gasteiger partial charge is 0.322 e. The highest BCUT2D eigenvalue weighted by molar-refractivity contribution is 5.85. The van der Waals surface area contributed by atoms with Crippen LogP contribution in [0.15, 0.2) is 5.16 Å². The Balaban J connectivity index is 2.30. The first-order valence-electron chi connectivity index (χ1n) is 3.29. The summed E-state index contributed by atoms with van der Waals surface area (Å²) < 4.78 is 0. The molecule has 4 nitrogen and oxygen atoms in total. The monoisotopic (exact) mass is 142 g/mol. The highest BCUT2D eigenvalue weighted by Crippen LogP contribution is 1.97. The summed E-state index contributed by atoms with van der Waals surface area (Å²) >= 11 is 0. The standard InChI is InChI=1S/C6H10N2O2/c9-5-10-8-6-1-3-7-4-2-6/h5,7H,1-4H2. The van der Waals surface area contributed by atoms with Crippen molar-refractivity contribution in [2.45, 2.75) is 12.8 Å². The third-order valence-corrected chi connectivity index (χ3v) is 1.41. The zero-order valence-corrected chi connectivity index (χ0v) is 5.67. The summed E-state index contributed by atoms with van der Waals surface area (Å²) in [7, 11) is 0. The second-order valence-electron chi connectivity index (χ2n) is 2.11. The maximum Gasteiger partial charge on any atom is 0.323 e. The number of oxime groups is 1.